The molecule has 126 valence electrons. The Morgan fingerprint density at radius 3 is 1.91 bits per heavy atom. The van der Waals surface area contributed by atoms with Crippen LogP contribution < -0.4 is 0 Å². The van der Waals surface area contributed by atoms with Crippen LogP contribution in [0.2, 0.25) is 0 Å². The van der Waals surface area contributed by atoms with E-state index in [0.717, 1.165) is 0 Å². The van der Waals surface area contributed by atoms with Crippen molar-refractivity contribution in [3.63, 3.8) is 0 Å². The first-order chi connectivity index (χ1) is 10.1. The van der Waals surface area contributed by atoms with Crippen molar-refractivity contribution in [2.45, 2.75) is 37.9 Å². The third kappa shape index (κ3) is 7.55. The number of carboxylic acid groups (broad SMARTS) is 2. The SMILES string of the molecule is CCC(=O)OCC(O)COC(=O)CC(O)(CC(=O)O)C(=O)O. The molecule has 0 aliphatic heterocycles. The van der Waals surface area contributed by atoms with E-state index in [4.69, 9.17) is 10.2 Å². The molecule has 0 aromatic rings. The van der Waals surface area contributed by atoms with E-state index >= 15 is 0 Å². The molecule has 0 amide bonds. The predicted molar refractivity (Wildman–Crippen MR) is 67.7 cm³/mol. The summed E-state index contributed by atoms with van der Waals surface area (Å²) in [6.07, 6.45) is -3.51. The zero-order valence-electron chi connectivity index (χ0n) is 11.9. The van der Waals surface area contributed by atoms with Crippen LogP contribution >= 0.6 is 0 Å². The molecule has 22 heavy (non-hydrogen) atoms. The minimum Gasteiger partial charge on any atom is -0.481 e. The van der Waals surface area contributed by atoms with Crippen LogP contribution in [0.3, 0.4) is 0 Å². The summed E-state index contributed by atoms with van der Waals surface area (Å²) in [5.41, 5.74) is -2.80. The second kappa shape index (κ2) is 8.95. The molecule has 0 heterocycles. The van der Waals surface area contributed by atoms with Crippen molar-refractivity contribution in [1.29, 1.82) is 0 Å². The van der Waals surface area contributed by atoms with Crippen LogP contribution in [0.15, 0.2) is 0 Å². The Bertz CT molecular complexity index is 432. The number of carbonyl (C=O) groups is 4. The van der Waals surface area contributed by atoms with E-state index in [1.807, 2.05) is 0 Å². The van der Waals surface area contributed by atoms with Gasteiger partial charge in [-0.1, -0.05) is 6.92 Å². The topological polar surface area (TPSA) is 168 Å². The van der Waals surface area contributed by atoms with Crippen LogP contribution in [-0.2, 0) is 28.7 Å². The molecule has 0 spiro atoms. The molecule has 10 nitrogen and oxygen atoms in total. The largest absolute Gasteiger partial charge is 0.481 e. The van der Waals surface area contributed by atoms with E-state index in [2.05, 4.69) is 9.47 Å². The predicted octanol–water partition coefficient (Wildman–Crippen LogP) is -1.48. The fourth-order valence-electron chi connectivity index (χ4n) is 1.28. The Morgan fingerprint density at radius 2 is 1.50 bits per heavy atom. The second-order valence-corrected chi connectivity index (χ2v) is 4.46. The fourth-order valence-corrected chi connectivity index (χ4v) is 1.28. The molecule has 2 unspecified atom stereocenters. The van der Waals surface area contributed by atoms with Crippen molar-refractivity contribution in [2.75, 3.05) is 13.2 Å². The number of aliphatic hydroxyl groups is 2. The lowest BCUT2D eigenvalue weighted by atomic mass is 9.96. The van der Waals surface area contributed by atoms with Gasteiger partial charge in [-0.15, -0.1) is 0 Å². The maximum atomic E-state index is 11.4. The Hall–Kier alpha value is -2.20. The zero-order valence-corrected chi connectivity index (χ0v) is 11.9. The third-order valence-electron chi connectivity index (χ3n) is 2.44. The summed E-state index contributed by atoms with van der Waals surface area (Å²) in [5, 5.41) is 36.2. The molecule has 4 N–H and O–H groups in total. The average Bonchev–Trinajstić information content (AvgIpc) is 2.41. The van der Waals surface area contributed by atoms with Gasteiger partial charge < -0.3 is 29.9 Å². The van der Waals surface area contributed by atoms with Crippen molar-refractivity contribution in [3.05, 3.63) is 0 Å². The van der Waals surface area contributed by atoms with Gasteiger partial charge in [-0.25, -0.2) is 4.79 Å². The van der Waals surface area contributed by atoms with Crippen molar-refractivity contribution >= 4 is 23.9 Å². The third-order valence-corrected chi connectivity index (χ3v) is 2.44. The fraction of sp³-hybridized carbons (Fsp3) is 0.667. The molecule has 0 saturated heterocycles. The summed E-state index contributed by atoms with van der Waals surface area (Å²) in [6.45, 7) is 0.529. The normalized spacial score (nSPS) is 14.5. The molecule has 0 aliphatic rings. The number of carbonyl (C=O) groups excluding carboxylic acids is 2. The lowest BCUT2D eigenvalue weighted by Crippen LogP contribution is -2.43. The number of ether oxygens (including phenoxy) is 2. The minimum atomic E-state index is -2.80. The highest BCUT2D eigenvalue weighted by molar-refractivity contribution is 5.88. The number of hydrogen-bond donors (Lipinski definition) is 4. The molecule has 2 atom stereocenters. The number of aliphatic carboxylic acids is 2. The van der Waals surface area contributed by atoms with Gasteiger partial charge in [-0.2, -0.15) is 0 Å². The molecule has 0 radical (unpaired) electrons. The van der Waals surface area contributed by atoms with Gasteiger partial charge in [0.15, 0.2) is 5.60 Å². The van der Waals surface area contributed by atoms with Crippen molar-refractivity contribution in [3.8, 4) is 0 Å². The smallest absolute Gasteiger partial charge is 0.336 e. The molecule has 0 aromatic carbocycles. The van der Waals surface area contributed by atoms with E-state index < -0.39 is 61.6 Å². The highest BCUT2D eigenvalue weighted by Gasteiger charge is 2.41. The van der Waals surface area contributed by atoms with Crippen molar-refractivity contribution in [1.82, 2.24) is 0 Å². The zero-order chi connectivity index (χ0) is 17.3. The van der Waals surface area contributed by atoms with Crippen LogP contribution in [0.4, 0.5) is 0 Å². The molecule has 0 aromatic heterocycles. The number of hydrogen-bond acceptors (Lipinski definition) is 8. The van der Waals surface area contributed by atoms with Crippen LogP contribution in [-0.4, -0.2) is 69.2 Å². The second-order valence-electron chi connectivity index (χ2n) is 4.46. The average molecular weight is 322 g/mol. The highest BCUT2D eigenvalue weighted by Crippen LogP contribution is 2.17. The van der Waals surface area contributed by atoms with Gasteiger partial charge in [0.2, 0.25) is 0 Å². The summed E-state index contributed by atoms with van der Waals surface area (Å²) in [5.74, 6) is -5.27. The van der Waals surface area contributed by atoms with E-state index in [-0.39, 0.29) is 6.42 Å². The van der Waals surface area contributed by atoms with Crippen LogP contribution in [0, 0.1) is 0 Å². The molecular weight excluding hydrogens is 304 g/mol. The van der Waals surface area contributed by atoms with E-state index in [9.17, 15) is 29.4 Å². The lowest BCUT2D eigenvalue weighted by molar-refractivity contribution is -0.173. The van der Waals surface area contributed by atoms with Gasteiger partial charge in [0, 0.05) is 6.42 Å². The standard InChI is InChI=1S/C12H18O10/c1-2-9(16)21-5-7(13)6-22-10(17)4-12(20,11(18)19)3-8(14)15/h7,13,20H,2-6H2,1H3,(H,14,15)(H,18,19). The minimum absolute atomic E-state index is 0.105. The summed E-state index contributed by atoms with van der Waals surface area (Å²) >= 11 is 0. The maximum Gasteiger partial charge on any atom is 0.336 e. The Balaban J connectivity index is 4.33. The van der Waals surface area contributed by atoms with Gasteiger partial charge >= 0.3 is 23.9 Å². The van der Waals surface area contributed by atoms with Gasteiger partial charge in [-0.3, -0.25) is 14.4 Å². The first-order valence-electron chi connectivity index (χ1n) is 6.27. The first kappa shape index (κ1) is 19.8. The van der Waals surface area contributed by atoms with Gasteiger partial charge in [-0.05, 0) is 0 Å². The molecule has 0 bridgehead atoms. The quantitative estimate of drug-likeness (QED) is 0.348. The van der Waals surface area contributed by atoms with Gasteiger partial charge in [0.05, 0.1) is 12.8 Å². The molecule has 0 aliphatic carbocycles. The van der Waals surface area contributed by atoms with Crippen LogP contribution in [0.25, 0.3) is 0 Å². The highest BCUT2D eigenvalue weighted by atomic mass is 16.6. The number of esters is 2. The number of aliphatic hydroxyl groups excluding tert-OH is 1. The van der Waals surface area contributed by atoms with E-state index in [1.54, 1.807) is 6.92 Å². The van der Waals surface area contributed by atoms with Crippen molar-refractivity contribution in [2.24, 2.45) is 0 Å². The molecule has 0 saturated carbocycles. The van der Waals surface area contributed by atoms with E-state index in [0.29, 0.717) is 0 Å². The Morgan fingerprint density at radius 1 is 1.00 bits per heavy atom. The Labute approximate surface area is 125 Å². The number of rotatable bonds is 10. The summed E-state index contributed by atoms with van der Waals surface area (Å²) < 4.78 is 9.08. The van der Waals surface area contributed by atoms with Gasteiger partial charge in [0.25, 0.3) is 0 Å². The molecule has 0 rings (SSSR count). The van der Waals surface area contributed by atoms with Gasteiger partial charge in [0.1, 0.15) is 19.3 Å². The van der Waals surface area contributed by atoms with Crippen molar-refractivity contribution < 1.29 is 49.1 Å². The summed E-state index contributed by atoms with van der Waals surface area (Å²) in [7, 11) is 0. The monoisotopic (exact) mass is 322 g/mol. The first-order valence-corrected chi connectivity index (χ1v) is 6.27. The summed E-state index contributed by atoms with van der Waals surface area (Å²) in [6, 6.07) is 0. The van der Waals surface area contributed by atoms with Crippen LogP contribution in [0.1, 0.15) is 26.2 Å². The summed E-state index contributed by atoms with van der Waals surface area (Å²) in [4.78, 5) is 43.5. The number of carboxylic acids is 2. The van der Waals surface area contributed by atoms with E-state index in [1.165, 1.54) is 0 Å². The maximum absolute atomic E-state index is 11.4. The Kier molecular flexibility index (Phi) is 8.05. The lowest BCUT2D eigenvalue weighted by Gasteiger charge is -2.20. The molecule has 10 heteroatoms. The van der Waals surface area contributed by atoms with Crippen LogP contribution in [0.5, 0.6) is 0 Å². The molecular formula is C12H18O10. The molecule has 0 fully saturated rings.